The highest BCUT2D eigenvalue weighted by molar-refractivity contribution is 9.10. The van der Waals surface area contributed by atoms with Crippen molar-refractivity contribution in [3.05, 3.63) is 57.8 Å². The first kappa shape index (κ1) is 15.8. The largest absolute Gasteiger partial charge is 0.480 e. The zero-order valence-electron chi connectivity index (χ0n) is 11.1. The highest BCUT2D eigenvalue weighted by Gasteiger charge is 2.17. The van der Waals surface area contributed by atoms with E-state index in [0.29, 0.717) is 20.9 Å². The Kier molecular flexibility index (Phi) is 5.20. The molecular weight excluding hydrogens is 361 g/mol. The van der Waals surface area contributed by atoms with Crippen LogP contribution in [0.2, 0.25) is 5.02 Å². The van der Waals surface area contributed by atoms with Crippen LogP contribution < -0.4 is 10.1 Å². The lowest BCUT2D eigenvalue weighted by atomic mass is 10.3. The monoisotopic (exact) mass is 371 g/mol. The molecule has 3 nitrogen and oxygen atoms in total. The number of para-hydroxylation sites is 1. The lowest BCUT2D eigenvalue weighted by molar-refractivity contribution is -0.122. The second-order valence-electron chi connectivity index (χ2n) is 4.30. The first-order chi connectivity index (χ1) is 9.97. The first-order valence-electron chi connectivity index (χ1n) is 6.14. The molecule has 1 atom stereocenters. The van der Waals surface area contributed by atoms with Crippen LogP contribution in [0, 0.1) is 5.82 Å². The molecule has 21 heavy (non-hydrogen) atoms. The molecule has 0 fully saturated rings. The van der Waals surface area contributed by atoms with Crippen LogP contribution in [0.4, 0.5) is 10.1 Å². The number of ether oxygens (including phenoxy) is 1. The smallest absolute Gasteiger partial charge is 0.265 e. The van der Waals surface area contributed by atoms with Gasteiger partial charge in [0.15, 0.2) is 6.10 Å². The fraction of sp³-hybridized carbons (Fsp3) is 0.133. The number of rotatable bonds is 4. The SMILES string of the molecule is C[C@@H](Oc1ccc(F)cc1Br)C(=O)Nc1ccccc1Cl. The highest BCUT2D eigenvalue weighted by Crippen LogP contribution is 2.27. The molecule has 0 saturated carbocycles. The topological polar surface area (TPSA) is 38.3 Å². The predicted molar refractivity (Wildman–Crippen MR) is 84.3 cm³/mol. The van der Waals surface area contributed by atoms with Crippen molar-refractivity contribution >= 4 is 39.1 Å². The number of carbonyl (C=O) groups is 1. The summed E-state index contributed by atoms with van der Waals surface area (Å²) >= 11 is 9.16. The molecule has 0 aliphatic carbocycles. The summed E-state index contributed by atoms with van der Waals surface area (Å²) in [5, 5.41) is 3.12. The number of anilines is 1. The fourth-order valence-electron chi connectivity index (χ4n) is 1.61. The maximum absolute atomic E-state index is 13.0. The Hall–Kier alpha value is -1.59. The van der Waals surface area contributed by atoms with Crippen molar-refractivity contribution < 1.29 is 13.9 Å². The Morgan fingerprint density at radius 1 is 1.33 bits per heavy atom. The summed E-state index contributed by atoms with van der Waals surface area (Å²) in [6.07, 6.45) is -0.761. The Labute approximate surface area is 135 Å². The van der Waals surface area contributed by atoms with E-state index < -0.39 is 6.10 Å². The molecule has 0 unspecified atom stereocenters. The van der Waals surface area contributed by atoms with Crippen molar-refractivity contribution in [1.82, 2.24) is 0 Å². The fourth-order valence-corrected chi connectivity index (χ4v) is 2.24. The molecule has 0 radical (unpaired) electrons. The number of amides is 1. The minimum Gasteiger partial charge on any atom is -0.480 e. The quantitative estimate of drug-likeness (QED) is 0.848. The average Bonchev–Trinajstić information content (AvgIpc) is 2.44. The summed E-state index contributed by atoms with van der Waals surface area (Å²) in [6.45, 7) is 1.60. The van der Waals surface area contributed by atoms with E-state index in [-0.39, 0.29) is 11.7 Å². The van der Waals surface area contributed by atoms with Crippen LogP contribution in [0.1, 0.15) is 6.92 Å². The number of nitrogens with one attached hydrogen (secondary N) is 1. The normalized spacial score (nSPS) is 11.8. The number of carbonyl (C=O) groups excluding carboxylic acids is 1. The van der Waals surface area contributed by atoms with Gasteiger partial charge < -0.3 is 10.1 Å². The van der Waals surface area contributed by atoms with E-state index in [1.165, 1.54) is 18.2 Å². The summed E-state index contributed by atoms with van der Waals surface area (Å²) in [5.41, 5.74) is 0.512. The third-order valence-corrected chi connectivity index (χ3v) is 3.65. The molecule has 6 heteroatoms. The lowest BCUT2D eigenvalue weighted by Gasteiger charge is -2.16. The number of hydrogen-bond donors (Lipinski definition) is 1. The maximum Gasteiger partial charge on any atom is 0.265 e. The summed E-state index contributed by atoms with van der Waals surface area (Å²) in [4.78, 5) is 12.1. The molecule has 0 bridgehead atoms. The molecule has 1 amide bonds. The second kappa shape index (κ2) is 6.91. The van der Waals surface area contributed by atoms with Gasteiger partial charge in [0.25, 0.3) is 5.91 Å². The van der Waals surface area contributed by atoms with Crippen molar-refractivity contribution in [3.63, 3.8) is 0 Å². The summed E-state index contributed by atoms with van der Waals surface area (Å²) in [6, 6.07) is 10.9. The predicted octanol–water partition coefficient (Wildman–Crippen LogP) is 4.65. The van der Waals surface area contributed by atoms with Crippen LogP contribution in [0.5, 0.6) is 5.75 Å². The molecule has 0 aliphatic heterocycles. The second-order valence-corrected chi connectivity index (χ2v) is 5.57. The molecular formula is C15H12BrClFNO2. The van der Waals surface area contributed by atoms with Gasteiger partial charge in [0.2, 0.25) is 0 Å². The van der Waals surface area contributed by atoms with E-state index in [2.05, 4.69) is 21.2 Å². The van der Waals surface area contributed by atoms with Crippen molar-refractivity contribution in [2.45, 2.75) is 13.0 Å². The summed E-state index contributed by atoms with van der Waals surface area (Å²) in [7, 11) is 0. The number of benzene rings is 2. The van der Waals surface area contributed by atoms with Gasteiger partial charge in [0.05, 0.1) is 15.2 Å². The molecule has 0 saturated heterocycles. The standard InChI is InChI=1S/C15H12BrClFNO2/c1-9(21-14-7-6-10(18)8-11(14)16)15(20)19-13-5-3-2-4-12(13)17/h2-9H,1H3,(H,19,20)/t9-/m1/s1. The Bertz CT molecular complexity index is 666. The van der Waals surface area contributed by atoms with Gasteiger partial charge in [-0.05, 0) is 53.2 Å². The molecule has 0 aliphatic rings. The number of halogens is 3. The summed E-state index contributed by atoms with van der Waals surface area (Å²) < 4.78 is 18.9. The Balaban J connectivity index is 2.04. The van der Waals surface area contributed by atoms with Crippen molar-refractivity contribution in [1.29, 1.82) is 0 Å². The van der Waals surface area contributed by atoms with E-state index in [9.17, 15) is 9.18 Å². The molecule has 110 valence electrons. The zero-order chi connectivity index (χ0) is 15.4. The molecule has 0 aromatic heterocycles. The van der Waals surface area contributed by atoms with Gasteiger partial charge in [-0.15, -0.1) is 0 Å². The van der Waals surface area contributed by atoms with Crippen LogP contribution >= 0.6 is 27.5 Å². The van der Waals surface area contributed by atoms with Gasteiger partial charge in [-0.2, -0.15) is 0 Å². The van der Waals surface area contributed by atoms with Crippen LogP contribution in [0.15, 0.2) is 46.9 Å². The van der Waals surface area contributed by atoms with E-state index in [1.807, 2.05) is 0 Å². The van der Waals surface area contributed by atoms with Gasteiger partial charge in [0.1, 0.15) is 11.6 Å². The van der Waals surface area contributed by atoms with E-state index >= 15 is 0 Å². The highest BCUT2D eigenvalue weighted by atomic mass is 79.9. The first-order valence-corrected chi connectivity index (χ1v) is 7.31. The Morgan fingerprint density at radius 2 is 2.05 bits per heavy atom. The van der Waals surface area contributed by atoms with Gasteiger partial charge in [-0.3, -0.25) is 4.79 Å². The van der Waals surface area contributed by atoms with E-state index in [4.69, 9.17) is 16.3 Å². The molecule has 2 aromatic rings. The van der Waals surface area contributed by atoms with Crippen molar-refractivity contribution in [2.75, 3.05) is 5.32 Å². The summed E-state index contributed by atoms with van der Waals surface area (Å²) in [5.74, 6) is -0.347. The van der Waals surface area contributed by atoms with Crippen molar-refractivity contribution in [3.8, 4) is 5.75 Å². The van der Waals surface area contributed by atoms with Gasteiger partial charge in [-0.1, -0.05) is 23.7 Å². The van der Waals surface area contributed by atoms with Crippen LogP contribution in [-0.2, 0) is 4.79 Å². The van der Waals surface area contributed by atoms with Crippen LogP contribution in [0.3, 0.4) is 0 Å². The van der Waals surface area contributed by atoms with Crippen LogP contribution in [0.25, 0.3) is 0 Å². The number of hydrogen-bond acceptors (Lipinski definition) is 2. The van der Waals surface area contributed by atoms with Gasteiger partial charge >= 0.3 is 0 Å². The third kappa shape index (κ3) is 4.19. The Morgan fingerprint density at radius 3 is 2.71 bits per heavy atom. The molecule has 2 rings (SSSR count). The van der Waals surface area contributed by atoms with E-state index in [0.717, 1.165) is 0 Å². The van der Waals surface area contributed by atoms with Crippen molar-refractivity contribution in [2.24, 2.45) is 0 Å². The van der Waals surface area contributed by atoms with Gasteiger partial charge in [-0.25, -0.2) is 4.39 Å². The van der Waals surface area contributed by atoms with E-state index in [1.54, 1.807) is 31.2 Å². The van der Waals surface area contributed by atoms with Gasteiger partial charge in [0, 0.05) is 0 Å². The minimum atomic E-state index is -0.761. The van der Waals surface area contributed by atoms with Crippen LogP contribution in [-0.4, -0.2) is 12.0 Å². The zero-order valence-corrected chi connectivity index (χ0v) is 13.4. The lowest BCUT2D eigenvalue weighted by Crippen LogP contribution is -2.30. The average molecular weight is 373 g/mol. The minimum absolute atomic E-state index is 0.348. The molecule has 1 N–H and O–H groups in total. The molecule has 0 spiro atoms. The molecule has 0 heterocycles. The third-order valence-electron chi connectivity index (χ3n) is 2.70. The molecule has 2 aromatic carbocycles. The maximum atomic E-state index is 13.0.